The van der Waals surface area contributed by atoms with E-state index >= 15 is 4.39 Å². The number of anilines is 3. The molecule has 0 atom stereocenters. The Morgan fingerprint density at radius 3 is 2.64 bits per heavy atom. The minimum atomic E-state index is -0.962. The molecular formula is C22H25F2N5O4. The van der Waals surface area contributed by atoms with E-state index in [0.29, 0.717) is 43.0 Å². The number of ether oxygens (including phenoxy) is 1. The maximum atomic E-state index is 15.2. The molecule has 2 N–H and O–H groups in total. The van der Waals surface area contributed by atoms with Gasteiger partial charge in [0.25, 0.3) is 0 Å². The monoisotopic (exact) mass is 461 g/mol. The minimum absolute atomic E-state index is 0.122. The zero-order valence-electron chi connectivity index (χ0n) is 18.3. The number of nitrogens with zero attached hydrogens (tertiary/aromatic N) is 4. The highest BCUT2D eigenvalue weighted by atomic mass is 19.1. The Balaban J connectivity index is 1.77. The number of fused-ring (bicyclic) bond motifs is 1. The van der Waals surface area contributed by atoms with E-state index in [2.05, 4.69) is 15.3 Å². The molecule has 33 heavy (non-hydrogen) atoms. The zero-order chi connectivity index (χ0) is 23.7. The normalized spacial score (nSPS) is 20.4. The molecule has 2 aromatic rings. The van der Waals surface area contributed by atoms with Crippen LogP contribution in [0.5, 0.6) is 5.75 Å². The summed E-state index contributed by atoms with van der Waals surface area (Å²) in [5, 5.41) is 12.2. The largest absolute Gasteiger partial charge is 0.491 e. The fourth-order valence-corrected chi connectivity index (χ4v) is 4.42. The van der Waals surface area contributed by atoms with Crippen LogP contribution in [0.25, 0.3) is 0 Å². The number of rotatable bonds is 6. The Hall–Kier alpha value is -3.50. The van der Waals surface area contributed by atoms with Gasteiger partial charge in [0.05, 0.1) is 19.1 Å². The Kier molecular flexibility index (Phi) is 6.30. The van der Waals surface area contributed by atoms with Gasteiger partial charge in [0.2, 0.25) is 5.95 Å². The number of hydrogen-bond acceptors (Lipinski definition) is 6. The number of aromatic nitrogens is 2. The van der Waals surface area contributed by atoms with Crippen LogP contribution >= 0.6 is 0 Å². The number of carbonyl (C=O) groups excluding carboxylic acids is 1. The lowest BCUT2D eigenvalue weighted by Crippen LogP contribution is -2.54. The lowest BCUT2D eigenvalue weighted by molar-refractivity contribution is -0.142. The van der Waals surface area contributed by atoms with E-state index < -0.39 is 35.2 Å². The van der Waals surface area contributed by atoms with E-state index in [-0.39, 0.29) is 24.9 Å². The number of urea groups is 1. The number of benzene rings is 1. The average molecular weight is 461 g/mol. The molecule has 1 aromatic carbocycles. The van der Waals surface area contributed by atoms with Gasteiger partial charge in [-0.1, -0.05) is 0 Å². The van der Waals surface area contributed by atoms with E-state index in [1.807, 2.05) is 0 Å². The molecule has 2 heterocycles. The molecular weight excluding hydrogens is 436 g/mol. The fourth-order valence-electron chi connectivity index (χ4n) is 4.42. The molecule has 0 bridgehead atoms. The standard InChI is InChI=1S/C22H25F2N5O4/c1-3-33-16-9-8-15(23)18(17(16)24)28-11-13-10-26-21(25-2)27-19(13)29(22(28)32)14-6-4-12(5-7-14)20(30)31/h8-10,12,14H,3-7,11H2,1-2H3,(H,30,31)(H,25,26,27). The molecule has 0 saturated heterocycles. The number of carboxylic acids is 1. The molecule has 176 valence electrons. The average Bonchev–Trinajstić information content (AvgIpc) is 2.81. The maximum Gasteiger partial charge on any atom is 0.330 e. The number of amides is 2. The van der Waals surface area contributed by atoms with E-state index in [0.717, 1.165) is 11.0 Å². The van der Waals surface area contributed by atoms with Crippen molar-refractivity contribution in [3.63, 3.8) is 0 Å². The summed E-state index contributed by atoms with van der Waals surface area (Å²) in [5.41, 5.74) is 0.0214. The second kappa shape index (κ2) is 9.16. The van der Waals surface area contributed by atoms with Crippen LogP contribution in [-0.2, 0) is 11.3 Å². The van der Waals surface area contributed by atoms with Crippen molar-refractivity contribution in [1.82, 2.24) is 9.97 Å². The van der Waals surface area contributed by atoms with E-state index in [1.54, 1.807) is 14.0 Å². The summed E-state index contributed by atoms with van der Waals surface area (Å²) in [7, 11) is 1.64. The fraction of sp³-hybridized carbons (Fsp3) is 0.455. The van der Waals surface area contributed by atoms with E-state index in [4.69, 9.17) is 4.74 Å². The van der Waals surface area contributed by atoms with Gasteiger partial charge in [-0.3, -0.25) is 14.6 Å². The predicted molar refractivity (Wildman–Crippen MR) is 117 cm³/mol. The summed E-state index contributed by atoms with van der Waals surface area (Å²) in [4.78, 5) is 36.1. The van der Waals surface area contributed by atoms with E-state index in [1.165, 1.54) is 17.2 Å². The van der Waals surface area contributed by atoms with Gasteiger partial charge < -0.3 is 15.2 Å². The van der Waals surface area contributed by atoms with Gasteiger partial charge in [-0.2, -0.15) is 4.98 Å². The van der Waals surface area contributed by atoms with Crippen LogP contribution in [0.3, 0.4) is 0 Å². The van der Waals surface area contributed by atoms with Gasteiger partial charge >= 0.3 is 12.0 Å². The summed E-state index contributed by atoms with van der Waals surface area (Å²) in [6.07, 6.45) is 3.17. The lowest BCUT2D eigenvalue weighted by atomic mass is 9.85. The van der Waals surface area contributed by atoms with Crippen molar-refractivity contribution in [2.24, 2.45) is 5.92 Å². The van der Waals surface area contributed by atoms with Gasteiger partial charge in [0.1, 0.15) is 17.3 Å². The van der Waals surface area contributed by atoms with Crippen molar-refractivity contribution in [3.05, 3.63) is 35.5 Å². The van der Waals surface area contributed by atoms with Crippen molar-refractivity contribution >= 4 is 29.5 Å². The molecule has 11 heteroatoms. The summed E-state index contributed by atoms with van der Waals surface area (Å²) >= 11 is 0. The highest BCUT2D eigenvalue weighted by molar-refractivity contribution is 6.06. The number of aliphatic carboxylic acids is 1. The smallest absolute Gasteiger partial charge is 0.330 e. The Bertz CT molecular complexity index is 1070. The quantitative estimate of drug-likeness (QED) is 0.674. The molecule has 0 radical (unpaired) electrons. The molecule has 1 fully saturated rings. The van der Waals surface area contributed by atoms with Crippen LogP contribution in [0.1, 0.15) is 38.2 Å². The molecule has 4 rings (SSSR count). The Labute approximate surface area is 189 Å². The third-order valence-corrected chi connectivity index (χ3v) is 6.07. The van der Waals surface area contributed by atoms with Crippen LogP contribution in [0.15, 0.2) is 18.3 Å². The Morgan fingerprint density at radius 1 is 1.27 bits per heavy atom. The predicted octanol–water partition coefficient (Wildman–Crippen LogP) is 3.79. The van der Waals surface area contributed by atoms with Crippen molar-refractivity contribution in [3.8, 4) is 5.75 Å². The van der Waals surface area contributed by atoms with Gasteiger partial charge in [-0.15, -0.1) is 0 Å². The third kappa shape index (κ3) is 4.14. The first-order chi connectivity index (χ1) is 15.8. The topological polar surface area (TPSA) is 108 Å². The third-order valence-electron chi connectivity index (χ3n) is 6.07. The molecule has 1 aliphatic heterocycles. The number of carbonyl (C=O) groups is 2. The number of nitrogens with one attached hydrogen (secondary N) is 1. The van der Waals surface area contributed by atoms with Gasteiger partial charge in [-0.25, -0.2) is 18.6 Å². The van der Waals surface area contributed by atoms with Gasteiger partial charge in [0.15, 0.2) is 11.6 Å². The van der Waals surface area contributed by atoms with Crippen molar-refractivity contribution in [1.29, 1.82) is 0 Å². The second-order valence-corrected chi connectivity index (χ2v) is 8.02. The van der Waals surface area contributed by atoms with Crippen LogP contribution < -0.4 is 19.9 Å². The number of halogens is 2. The van der Waals surface area contributed by atoms with Gasteiger partial charge in [0, 0.05) is 24.8 Å². The summed E-state index contributed by atoms with van der Waals surface area (Å²) < 4.78 is 35.3. The number of carboxylic acid groups (broad SMARTS) is 1. The first-order valence-electron chi connectivity index (χ1n) is 10.8. The van der Waals surface area contributed by atoms with Crippen molar-refractivity contribution in [2.45, 2.75) is 45.2 Å². The van der Waals surface area contributed by atoms with Crippen LogP contribution in [0.4, 0.5) is 31.0 Å². The minimum Gasteiger partial charge on any atom is -0.491 e. The van der Waals surface area contributed by atoms with E-state index in [9.17, 15) is 19.1 Å². The molecule has 1 saturated carbocycles. The highest BCUT2D eigenvalue weighted by Crippen LogP contribution is 2.39. The maximum absolute atomic E-state index is 15.2. The van der Waals surface area contributed by atoms with Crippen LogP contribution in [0.2, 0.25) is 0 Å². The molecule has 0 spiro atoms. The van der Waals surface area contributed by atoms with Crippen LogP contribution in [-0.4, -0.2) is 46.8 Å². The lowest BCUT2D eigenvalue weighted by Gasteiger charge is -2.42. The Morgan fingerprint density at radius 2 is 2.00 bits per heavy atom. The molecule has 1 aliphatic carbocycles. The molecule has 2 amide bonds. The van der Waals surface area contributed by atoms with Crippen LogP contribution in [0, 0.1) is 17.6 Å². The van der Waals surface area contributed by atoms with Crippen molar-refractivity contribution < 1.29 is 28.2 Å². The number of hydrogen-bond donors (Lipinski definition) is 2. The summed E-state index contributed by atoms with van der Waals surface area (Å²) in [6, 6.07) is 1.26. The summed E-state index contributed by atoms with van der Waals surface area (Å²) in [6.45, 7) is 1.73. The molecule has 9 nitrogen and oxygen atoms in total. The SMILES string of the molecule is CCOc1ccc(F)c(N2Cc3cnc(NC)nc3N(C3CCC(C(=O)O)CC3)C2=O)c1F. The summed E-state index contributed by atoms with van der Waals surface area (Å²) in [5.74, 6) is -2.69. The zero-order valence-corrected chi connectivity index (χ0v) is 18.3. The first-order valence-corrected chi connectivity index (χ1v) is 10.8. The highest BCUT2D eigenvalue weighted by Gasteiger charge is 2.41. The van der Waals surface area contributed by atoms with Crippen molar-refractivity contribution in [2.75, 3.05) is 28.8 Å². The molecule has 2 aliphatic rings. The van der Waals surface area contributed by atoms with Gasteiger partial charge in [-0.05, 0) is 44.7 Å². The first kappa shape index (κ1) is 22.7. The molecule has 1 aromatic heterocycles. The second-order valence-electron chi connectivity index (χ2n) is 8.02. The molecule has 0 unspecified atom stereocenters.